The number of anilines is 4. The minimum absolute atomic E-state index is 0.288. The fourth-order valence-electron chi connectivity index (χ4n) is 4.83. The van der Waals surface area contributed by atoms with Crippen LogP contribution in [0.5, 0.6) is 0 Å². The maximum Gasteiger partial charge on any atom is 0.163 e. The standard InChI is InChI=1S/C25H27N5O/c26-20-10-11-24(27-16-20)28-14-12-21(13-15-28)30-23-9-5-4-8-22(23)29(25(30)18-31)17-19-6-2-1-3-7-19/h1-11,16,18,21,25H,12-15,17,26H2. The van der Waals surface area contributed by atoms with Gasteiger partial charge in [-0.25, -0.2) is 4.98 Å². The van der Waals surface area contributed by atoms with Gasteiger partial charge < -0.3 is 20.4 Å². The zero-order chi connectivity index (χ0) is 21.2. The Morgan fingerprint density at radius 1 is 0.935 bits per heavy atom. The van der Waals surface area contributed by atoms with Gasteiger partial charge >= 0.3 is 0 Å². The summed E-state index contributed by atoms with van der Waals surface area (Å²) in [5.74, 6) is 0.965. The molecule has 0 bridgehead atoms. The van der Waals surface area contributed by atoms with E-state index in [9.17, 15) is 4.79 Å². The molecule has 3 aromatic rings. The lowest BCUT2D eigenvalue weighted by atomic mass is 10.0. The molecule has 2 aliphatic heterocycles. The summed E-state index contributed by atoms with van der Waals surface area (Å²) >= 11 is 0. The van der Waals surface area contributed by atoms with E-state index < -0.39 is 0 Å². The molecule has 0 radical (unpaired) electrons. The Kier molecular flexibility index (Phi) is 5.20. The van der Waals surface area contributed by atoms with E-state index in [4.69, 9.17) is 5.73 Å². The highest BCUT2D eigenvalue weighted by Gasteiger charge is 2.40. The number of nitrogens with zero attached hydrogens (tertiary/aromatic N) is 4. The van der Waals surface area contributed by atoms with Gasteiger partial charge in [-0.3, -0.25) is 4.79 Å². The van der Waals surface area contributed by atoms with Crippen LogP contribution in [0, 0.1) is 0 Å². The number of hydrogen-bond acceptors (Lipinski definition) is 6. The molecule has 1 unspecified atom stereocenters. The molecule has 1 atom stereocenters. The number of aromatic nitrogens is 1. The first-order chi connectivity index (χ1) is 15.2. The molecule has 5 rings (SSSR count). The highest BCUT2D eigenvalue weighted by molar-refractivity contribution is 5.86. The van der Waals surface area contributed by atoms with E-state index in [0.29, 0.717) is 18.3 Å². The Balaban J connectivity index is 1.37. The Morgan fingerprint density at radius 2 is 1.65 bits per heavy atom. The Hall–Kier alpha value is -3.54. The van der Waals surface area contributed by atoms with Crippen molar-refractivity contribution < 1.29 is 4.79 Å². The molecule has 3 heterocycles. The van der Waals surface area contributed by atoms with Gasteiger partial charge in [-0.15, -0.1) is 0 Å². The lowest BCUT2D eigenvalue weighted by Gasteiger charge is -2.40. The summed E-state index contributed by atoms with van der Waals surface area (Å²) in [7, 11) is 0. The second kappa shape index (κ2) is 8.30. The van der Waals surface area contributed by atoms with E-state index in [1.165, 1.54) is 5.56 Å². The van der Waals surface area contributed by atoms with Crippen LogP contribution in [0.3, 0.4) is 0 Å². The fraction of sp³-hybridized carbons (Fsp3) is 0.280. The average molecular weight is 414 g/mol. The van der Waals surface area contributed by atoms with E-state index in [0.717, 1.165) is 49.4 Å². The maximum atomic E-state index is 12.3. The molecule has 0 spiro atoms. The lowest BCUT2D eigenvalue weighted by molar-refractivity contribution is -0.109. The summed E-state index contributed by atoms with van der Waals surface area (Å²) < 4.78 is 0. The molecule has 158 valence electrons. The molecular weight excluding hydrogens is 386 g/mol. The van der Waals surface area contributed by atoms with Crippen LogP contribution in [-0.2, 0) is 11.3 Å². The van der Waals surface area contributed by atoms with Gasteiger partial charge in [0.1, 0.15) is 5.82 Å². The number of aldehydes is 1. The predicted octanol–water partition coefficient (Wildman–Crippen LogP) is 3.68. The smallest absolute Gasteiger partial charge is 0.163 e. The summed E-state index contributed by atoms with van der Waals surface area (Å²) in [6, 6.07) is 22.9. The van der Waals surface area contributed by atoms with E-state index in [1.807, 2.05) is 30.3 Å². The highest BCUT2D eigenvalue weighted by Crippen LogP contribution is 2.42. The van der Waals surface area contributed by atoms with E-state index in [2.05, 4.69) is 56.1 Å². The lowest BCUT2D eigenvalue weighted by Crippen LogP contribution is -2.52. The first kappa shape index (κ1) is 19.4. The van der Waals surface area contributed by atoms with Crippen molar-refractivity contribution in [2.24, 2.45) is 0 Å². The van der Waals surface area contributed by atoms with Crippen molar-refractivity contribution in [2.75, 3.05) is 33.5 Å². The fourth-order valence-corrected chi connectivity index (χ4v) is 4.83. The summed E-state index contributed by atoms with van der Waals surface area (Å²) in [6.45, 7) is 2.53. The molecule has 31 heavy (non-hydrogen) atoms. The van der Waals surface area contributed by atoms with E-state index >= 15 is 0 Å². The van der Waals surface area contributed by atoms with Crippen LogP contribution < -0.4 is 20.4 Å². The SMILES string of the molecule is Nc1ccc(N2CCC(N3c4ccccc4N(Cc4ccccc4)C3C=O)CC2)nc1. The van der Waals surface area contributed by atoms with Crippen LogP contribution in [-0.4, -0.2) is 36.6 Å². The van der Waals surface area contributed by atoms with Gasteiger partial charge in [0.05, 0.1) is 23.3 Å². The zero-order valence-corrected chi connectivity index (χ0v) is 17.5. The third-order valence-corrected chi connectivity index (χ3v) is 6.34. The van der Waals surface area contributed by atoms with Crippen molar-refractivity contribution in [2.45, 2.75) is 31.6 Å². The van der Waals surface area contributed by atoms with Crippen LogP contribution in [0.25, 0.3) is 0 Å². The molecule has 6 nitrogen and oxygen atoms in total. The number of fused-ring (bicyclic) bond motifs is 1. The van der Waals surface area contributed by atoms with Crippen molar-refractivity contribution in [3.63, 3.8) is 0 Å². The van der Waals surface area contributed by atoms with Crippen LogP contribution in [0.4, 0.5) is 22.9 Å². The number of pyridine rings is 1. The quantitative estimate of drug-likeness (QED) is 0.644. The van der Waals surface area contributed by atoms with Crippen LogP contribution >= 0.6 is 0 Å². The van der Waals surface area contributed by atoms with Crippen molar-refractivity contribution in [3.05, 3.63) is 78.5 Å². The van der Waals surface area contributed by atoms with Crippen molar-refractivity contribution in [1.82, 2.24) is 4.98 Å². The van der Waals surface area contributed by atoms with Gasteiger partial charge in [0, 0.05) is 25.7 Å². The Bertz CT molecular complexity index is 1030. The number of piperidine rings is 1. The number of carbonyl (C=O) groups excluding carboxylic acids is 1. The Labute approximate surface area is 182 Å². The number of para-hydroxylation sites is 2. The number of hydrogen-bond donors (Lipinski definition) is 1. The van der Waals surface area contributed by atoms with Crippen LogP contribution in [0.2, 0.25) is 0 Å². The summed E-state index contributed by atoms with van der Waals surface area (Å²) in [5, 5.41) is 0. The van der Waals surface area contributed by atoms with Crippen LogP contribution in [0.15, 0.2) is 72.9 Å². The molecule has 2 N–H and O–H groups in total. The second-order valence-electron chi connectivity index (χ2n) is 8.23. The normalized spacial score (nSPS) is 18.8. The monoisotopic (exact) mass is 413 g/mol. The molecule has 1 aromatic heterocycles. The highest BCUT2D eigenvalue weighted by atomic mass is 16.1. The van der Waals surface area contributed by atoms with Crippen LogP contribution in [0.1, 0.15) is 18.4 Å². The van der Waals surface area contributed by atoms with Gasteiger partial charge in [-0.05, 0) is 42.7 Å². The zero-order valence-electron chi connectivity index (χ0n) is 17.5. The molecular formula is C25H27N5O. The molecule has 1 saturated heterocycles. The molecule has 2 aliphatic rings. The number of nitrogen functional groups attached to an aromatic ring is 1. The largest absolute Gasteiger partial charge is 0.397 e. The molecule has 2 aromatic carbocycles. The number of rotatable bonds is 5. The van der Waals surface area contributed by atoms with Crippen molar-refractivity contribution in [1.29, 1.82) is 0 Å². The van der Waals surface area contributed by atoms with E-state index in [1.54, 1.807) is 6.20 Å². The van der Waals surface area contributed by atoms with Gasteiger partial charge in [-0.1, -0.05) is 42.5 Å². The second-order valence-corrected chi connectivity index (χ2v) is 8.23. The molecule has 0 saturated carbocycles. The Morgan fingerprint density at radius 3 is 2.32 bits per heavy atom. The number of nitrogens with two attached hydrogens (primary N) is 1. The summed E-state index contributed by atoms with van der Waals surface area (Å²) in [5.41, 5.74) is 9.95. The molecule has 1 fully saturated rings. The number of carbonyl (C=O) groups is 1. The molecule has 0 amide bonds. The first-order valence-electron chi connectivity index (χ1n) is 10.8. The number of benzene rings is 2. The maximum absolute atomic E-state index is 12.3. The first-order valence-corrected chi connectivity index (χ1v) is 10.8. The third kappa shape index (κ3) is 3.69. The van der Waals surface area contributed by atoms with E-state index in [-0.39, 0.29) is 6.17 Å². The topological polar surface area (TPSA) is 65.7 Å². The van der Waals surface area contributed by atoms with Gasteiger partial charge in [-0.2, -0.15) is 0 Å². The minimum Gasteiger partial charge on any atom is -0.397 e. The third-order valence-electron chi connectivity index (χ3n) is 6.34. The summed E-state index contributed by atoms with van der Waals surface area (Å²) in [6.07, 6.45) is 4.47. The minimum atomic E-state index is -0.288. The van der Waals surface area contributed by atoms with Gasteiger partial charge in [0.25, 0.3) is 0 Å². The summed E-state index contributed by atoms with van der Waals surface area (Å²) in [4.78, 5) is 23.7. The predicted molar refractivity (Wildman–Crippen MR) is 125 cm³/mol. The average Bonchev–Trinajstić information content (AvgIpc) is 3.14. The molecule has 0 aliphatic carbocycles. The van der Waals surface area contributed by atoms with Gasteiger partial charge in [0.15, 0.2) is 12.5 Å². The van der Waals surface area contributed by atoms with Gasteiger partial charge in [0.2, 0.25) is 0 Å². The molecule has 6 heteroatoms. The van der Waals surface area contributed by atoms with Crippen molar-refractivity contribution >= 4 is 29.2 Å². The van der Waals surface area contributed by atoms with Crippen molar-refractivity contribution in [3.8, 4) is 0 Å².